The lowest BCUT2D eigenvalue weighted by Gasteiger charge is -2.17. The number of likely N-dealkylation sites (N-methyl/N-ethyl adjacent to an activating group) is 1. The smallest absolute Gasteiger partial charge is 0.127 e. The molecule has 1 heterocycles. The van der Waals surface area contributed by atoms with E-state index in [1.165, 1.54) is 11.1 Å². The molecule has 0 bridgehead atoms. The second-order valence-corrected chi connectivity index (χ2v) is 6.69. The molecule has 5 heteroatoms. The van der Waals surface area contributed by atoms with Crippen molar-refractivity contribution < 1.29 is 14.6 Å². The van der Waals surface area contributed by atoms with Crippen LogP contribution >= 0.6 is 0 Å². The third kappa shape index (κ3) is 4.24. The van der Waals surface area contributed by atoms with Gasteiger partial charge in [-0.1, -0.05) is 18.2 Å². The van der Waals surface area contributed by atoms with Crippen LogP contribution < -0.4 is 9.47 Å². The Balaban J connectivity index is 1.69. The second kappa shape index (κ2) is 7.76. The molecule has 1 N–H and O–H groups in total. The largest absolute Gasteiger partial charge is 0.508 e. The Kier molecular flexibility index (Phi) is 5.46. The van der Waals surface area contributed by atoms with E-state index in [2.05, 4.69) is 28.0 Å². The zero-order valence-electron chi connectivity index (χ0n) is 15.2. The molecule has 5 nitrogen and oxygen atoms in total. The van der Waals surface area contributed by atoms with Crippen molar-refractivity contribution in [2.45, 2.75) is 19.6 Å². The quantitative estimate of drug-likeness (QED) is 0.838. The zero-order valence-corrected chi connectivity index (χ0v) is 15.2. The van der Waals surface area contributed by atoms with Gasteiger partial charge in [-0.3, -0.25) is 4.90 Å². The molecular weight excluding hydrogens is 316 g/mol. The highest BCUT2D eigenvalue weighted by molar-refractivity contribution is 5.44. The van der Waals surface area contributed by atoms with Crippen LogP contribution in [0.3, 0.4) is 0 Å². The fourth-order valence-electron chi connectivity index (χ4n) is 3.15. The fraction of sp³-hybridized carbons (Fsp3) is 0.400. The molecule has 1 aliphatic heterocycles. The number of rotatable bonds is 7. The van der Waals surface area contributed by atoms with Crippen LogP contribution in [0.2, 0.25) is 0 Å². The molecule has 3 rings (SSSR count). The van der Waals surface area contributed by atoms with E-state index in [1.807, 2.05) is 20.2 Å². The minimum Gasteiger partial charge on any atom is -0.508 e. The maximum Gasteiger partial charge on any atom is 0.127 e. The molecule has 0 fully saturated rings. The first-order valence-electron chi connectivity index (χ1n) is 8.53. The van der Waals surface area contributed by atoms with Crippen LogP contribution in [0.5, 0.6) is 17.2 Å². The number of benzene rings is 2. The molecule has 0 aliphatic carbocycles. The molecule has 1 aliphatic rings. The Hall–Kier alpha value is -2.24. The SMILES string of the molecule is COc1cc(O)ccc1CN1Cc2cccc(OCCN(C)C)c2C1. The van der Waals surface area contributed by atoms with E-state index < -0.39 is 0 Å². The minimum atomic E-state index is 0.224. The summed E-state index contributed by atoms with van der Waals surface area (Å²) >= 11 is 0. The van der Waals surface area contributed by atoms with Crippen molar-refractivity contribution >= 4 is 0 Å². The minimum absolute atomic E-state index is 0.224. The van der Waals surface area contributed by atoms with E-state index in [1.54, 1.807) is 19.2 Å². The lowest BCUT2D eigenvalue weighted by atomic mass is 10.1. The van der Waals surface area contributed by atoms with Crippen LogP contribution in [0.1, 0.15) is 16.7 Å². The number of phenolic OH excluding ortho intramolecular Hbond substituents is 1. The van der Waals surface area contributed by atoms with Gasteiger partial charge >= 0.3 is 0 Å². The van der Waals surface area contributed by atoms with Gasteiger partial charge in [0.25, 0.3) is 0 Å². The fourth-order valence-corrected chi connectivity index (χ4v) is 3.15. The Morgan fingerprint density at radius 2 is 1.96 bits per heavy atom. The van der Waals surface area contributed by atoms with Gasteiger partial charge in [0.05, 0.1) is 7.11 Å². The predicted octanol–water partition coefficient (Wildman–Crippen LogP) is 2.86. The number of aromatic hydroxyl groups is 1. The Morgan fingerprint density at radius 1 is 1.12 bits per heavy atom. The summed E-state index contributed by atoms with van der Waals surface area (Å²) < 4.78 is 11.4. The molecule has 25 heavy (non-hydrogen) atoms. The average Bonchev–Trinajstić information content (AvgIpc) is 2.99. The maximum atomic E-state index is 9.62. The van der Waals surface area contributed by atoms with E-state index >= 15 is 0 Å². The first-order chi connectivity index (χ1) is 12.1. The van der Waals surface area contributed by atoms with E-state index in [0.29, 0.717) is 6.61 Å². The van der Waals surface area contributed by atoms with Crippen molar-refractivity contribution in [3.63, 3.8) is 0 Å². The Bertz CT molecular complexity index is 731. The summed E-state index contributed by atoms with van der Waals surface area (Å²) in [6, 6.07) is 11.6. The molecule has 0 radical (unpaired) electrons. The van der Waals surface area contributed by atoms with Crippen LogP contribution in [-0.4, -0.2) is 49.3 Å². The van der Waals surface area contributed by atoms with E-state index in [-0.39, 0.29) is 5.75 Å². The highest BCUT2D eigenvalue weighted by Gasteiger charge is 2.23. The first kappa shape index (κ1) is 17.6. The summed E-state index contributed by atoms with van der Waals surface area (Å²) in [6.07, 6.45) is 0. The lowest BCUT2D eigenvalue weighted by molar-refractivity contribution is 0.249. The van der Waals surface area contributed by atoms with Gasteiger partial charge in [0.15, 0.2) is 0 Å². The third-order valence-corrected chi connectivity index (χ3v) is 4.47. The van der Waals surface area contributed by atoms with Crippen LogP contribution in [0.4, 0.5) is 0 Å². The van der Waals surface area contributed by atoms with Crippen LogP contribution in [0.25, 0.3) is 0 Å². The van der Waals surface area contributed by atoms with Crippen molar-refractivity contribution in [3.8, 4) is 17.2 Å². The highest BCUT2D eigenvalue weighted by Crippen LogP contribution is 2.33. The van der Waals surface area contributed by atoms with Crippen molar-refractivity contribution in [2.75, 3.05) is 34.4 Å². The number of fused-ring (bicyclic) bond motifs is 1. The van der Waals surface area contributed by atoms with E-state index in [9.17, 15) is 5.11 Å². The maximum absolute atomic E-state index is 9.62. The Labute approximate surface area is 149 Å². The summed E-state index contributed by atoms with van der Waals surface area (Å²) in [5.41, 5.74) is 3.67. The van der Waals surface area contributed by atoms with Crippen molar-refractivity contribution in [1.82, 2.24) is 9.80 Å². The van der Waals surface area contributed by atoms with E-state index in [0.717, 1.165) is 43.2 Å². The normalized spacial score (nSPS) is 13.9. The molecule has 2 aromatic carbocycles. The summed E-state index contributed by atoms with van der Waals surface area (Å²) in [4.78, 5) is 4.48. The molecule has 2 aromatic rings. The monoisotopic (exact) mass is 342 g/mol. The molecule has 0 saturated heterocycles. The van der Waals surface area contributed by atoms with Crippen molar-refractivity contribution in [1.29, 1.82) is 0 Å². The molecule has 0 aromatic heterocycles. The van der Waals surface area contributed by atoms with Crippen molar-refractivity contribution in [2.24, 2.45) is 0 Å². The van der Waals surface area contributed by atoms with Crippen LogP contribution in [-0.2, 0) is 19.6 Å². The zero-order chi connectivity index (χ0) is 17.8. The molecule has 0 amide bonds. The Morgan fingerprint density at radius 3 is 2.72 bits per heavy atom. The first-order valence-corrected chi connectivity index (χ1v) is 8.53. The predicted molar refractivity (Wildman–Crippen MR) is 98.1 cm³/mol. The molecule has 0 spiro atoms. The number of nitrogens with zero attached hydrogens (tertiary/aromatic N) is 2. The molecule has 0 unspecified atom stereocenters. The van der Waals surface area contributed by atoms with Gasteiger partial charge in [0, 0.05) is 43.4 Å². The molecule has 134 valence electrons. The topological polar surface area (TPSA) is 45.2 Å². The number of hydrogen-bond donors (Lipinski definition) is 1. The highest BCUT2D eigenvalue weighted by atomic mass is 16.5. The van der Waals surface area contributed by atoms with Gasteiger partial charge in [-0.05, 0) is 31.8 Å². The van der Waals surface area contributed by atoms with Crippen LogP contribution in [0.15, 0.2) is 36.4 Å². The number of ether oxygens (including phenoxy) is 2. The summed E-state index contributed by atoms with van der Waals surface area (Å²) in [5, 5.41) is 9.62. The summed E-state index contributed by atoms with van der Waals surface area (Å²) in [7, 11) is 5.73. The van der Waals surface area contributed by atoms with E-state index in [4.69, 9.17) is 9.47 Å². The van der Waals surface area contributed by atoms with Gasteiger partial charge in [-0.2, -0.15) is 0 Å². The molecule has 0 atom stereocenters. The van der Waals surface area contributed by atoms with Crippen LogP contribution in [0, 0.1) is 0 Å². The number of phenols is 1. The lowest BCUT2D eigenvalue weighted by Crippen LogP contribution is -2.20. The molecular formula is C20H26N2O3. The van der Waals surface area contributed by atoms with Crippen molar-refractivity contribution in [3.05, 3.63) is 53.1 Å². The van der Waals surface area contributed by atoms with Gasteiger partial charge in [-0.15, -0.1) is 0 Å². The molecule has 0 saturated carbocycles. The number of methoxy groups -OCH3 is 1. The average molecular weight is 342 g/mol. The van der Waals surface area contributed by atoms with Gasteiger partial charge in [0.2, 0.25) is 0 Å². The third-order valence-electron chi connectivity index (χ3n) is 4.47. The standard InChI is InChI=1S/C20H26N2O3/c1-21(2)9-10-25-19-6-4-5-15-12-22(14-18(15)19)13-16-7-8-17(23)11-20(16)24-3/h4-8,11,23H,9-10,12-14H2,1-3H3. The summed E-state index contributed by atoms with van der Waals surface area (Å²) in [5.74, 6) is 1.93. The van der Waals surface area contributed by atoms with Gasteiger partial charge < -0.3 is 19.5 Å². The number of hydrogen-bond acceptors (Lipinski definition) is 5. The summed E-state index contributed by atoms with van der Waals surface area (Å²) in [6.45, 7) is 4.12. The second-order valence-electron chi connectivity index (χ2n) is 6.69. The van der Waals surface area contributed by atoms with Gasteiger partial charge in [-0.25, -0.2) is 0 Å². The van der Waals surface area contributed by atoms with Gasteiger partial charge in [0.1, 0.15) is 23.9 Å².